The number of carbonyl (C=O) groups excluding carboxylic acids is 3. The summed E-state index contributed by atoms with van der Waals surface area (Å²) in [5.41, 5.74) is -0.647. The van der Waals surface area contributed by atoms with E-state index < -0.39 is 88.8 Å². The molecule has 15 heteroatoms. The van der Waals surface area contributed by atoms with Gasteiger partial charge in [-0.25, -0.2) is 0 Å². The number of oxime groups is 1. The van der Waals surface area contributed by atoms with Crippen LogP contribution >= 0.6 is 0 Å². The number of phenolic OH excluding ortho intramolecular Hbond substituents is 3. The van der Waals surface area contributed by atoms with Crippen LogP contribution in [-0.4, -0.2) is 93.3 Å². The molecular formula is C42H54N2O13. The van der Waals surface area contributed by atoms with Gasteiger partial charge in [0.2, 0.25) is 0 Å². The van der Waals surface area contributed by atoms with Gasteiger partial charge in [0.1, 0.15) is 30.0 Å². The number of Topliss-reactive ketones (excluding diaryl/α,β-unsaturated/α-hetero) is 1. The van der Waals surface area contributed by atoms with Crippen molar-refractivity contribution >= 4 is 40.3 Å². The number of anilines is 1. The van der Waals surface area contributed by atoms with Crippen LogP contribution in [0.25, 0.3) is 10.8 Å². The van der Waals surface area contributed by atoms with Gasteiger partial charge in [-0.1, -0.05) is 57.2 Å². The fourth-order valence-electron chi connectivity index (χ4n) is 7.14. The molecule has 5 rings (SSSR count). The van der Waals surface area contributed by atoms with Crippen molar-refractivity contribution in [1.82, 2.24) is 0 Å². The third kappa shape index (κ3) is 8.95. The lowest BCUT2D eigenvalue weighted by molar-refractivity contribution is -0.160. The van der Waals surface area contributed by atoms with E-state index in [9.17, 15) is 39.9 Å². The fraction of sp³-hybridized carbons (Fsp3) is 0.476. The molecule has 3 aliphatic rings. The van der Waals surface area contributed by atoms with E-state index in [0.29, 0.717) is 0 Å². The molecule has 3 aliphatic heterocycles. The van der Waals surface area contributed by atoms with Gasteiger partial charge in [-0.2, -0.15) is 0 Å². The van der Waals surface area contributed by atoms with E-state index in [0.717, 1.165) is 6.21 Å². The third-order valence-electron chi connectivity index (χ3n) is 10.7. The Labute approximate surface area is 331 Å². The van der Waals surface area contributed by atoms with Crippen molar-refractivity contribution in [2.45, 2.75) is 92.5 Å². The van der Waals surface area contributed by atoms with Gasteiger partial charge in [0.05, 0.1) is 53.0 Å². The van der Waals surface area contributed by atoms with Gasteiger partial charge in [0, 0.05) is 61.2 Å². The zero-order chi connectivity index (χ0) is 42.5. The highest BCUT2D eigenvalue weighted by Crippen LogP contribution is 2.55. The Bertz CT molecular complexity index is 2020. The number of nitrogens with zero attached hydrogens (tertiary/aromatic N) is 1. The Kier molecular flexibility index (Phi) is 14.2. The van der Waals surface area contributed by atoms with Crippen LogP contribution in [0, 0.1) is 30.6 Å². The summed E-state index contributed by atoms with van der Waals surface area (Å²) in [6.45, 7) is 14.2. The Morgan fingerprint density at radius 3 is 2.30 bits per heavy atom. The largest absolute Gasteiger partial charge is 0.507 e. The normalized spacial score (nSPS) is 30.8. The molecule has 57 heavy (non-hydrogen) atoms. The van der Waals surface area contributed by atoms with Crippen molar-refractivity contribution in [2.24, 2.45) is 28.8 Å². The number of nitrogens with one attached hydrogen (secondary N) is 1. The summed E-state index contributed by atoms with van der Waals surface area (Å²) >= 11 is 0. The maximum atomic E-state index is 14.3. The van der Waals surface area contributed by atoms with E-state index in [-0.39, 0.29) is 51.1 Å². The van der Waals surface area contributed by atoms with Crippen molar-refractivity contribution in [3.63, 3.8) is 0 Å². The molecular weight excluding hydrogens is 740 g/mol. The first-order chi connectivity index (χ1) is 26.8. The Hall–Kier alpha value is -5.38. The lowest BCUT2D eigenvalue weighted by Gasteiger charge is -2.38. The molecule has 0 saturated heterocycles. The molecule has 310 valence electrons. The van der Waals surface area contributed by atoms with Gasteiger partial charge in [0.15, 0.2) is 5.75 Å². The number of methoxy groups -OCH3 is 1. The van der Waals surface area contributed by atoms with Gasteiger partial charge in [0.25, 0.3) is 11.7 Å². The quantitative estimate of drug-likeness (QED) is 0.0395. The summed E-state index contributed by atoms with van der Waals surface area (Å²) in [6.07, 6.45) is 7.87. The summed E-state index contributed by atoms with van der Waals surface area (Å²) in [7, 11) is 1.42. The summed E-state index contributed by atoms with van der Waals surface area (Å²) in [4.78, 5) is 45.4. The monoisotopic (exact) mass is 794 g/mol. The van der Waals surface area contributed by atoms with Crippen LogP contribution < -0.4 is 10.1 Å². The smallest absolute Gasteiger partial charge is 0.312 e. The van der Waals surface area contributed by atoms with E-state index in [1.807, 2.05) is 0 Å². The van der Waals surface area contributed by atoms with Gasteiger partial charge in [-0.05, 0) is 32.9 Å². The zero-order valence-electron chi connectivity index (χ0n) is 33.9. The van der Waals surface area contributed by atoms with Gasteiger partial charge < -0.3 is 54.6 Å². The van der Waals surface area contributed by atoms with Crippen LogP contribution in [0.2, 0.25) is 0 Å². The minimum Gasteiger partial charge on any atom is -0.507 e. The fourth-order valence-corrected chi connectivity index (χ4v) is 7.14. The number of aliphatic hydroxyl groups excluding tert-OH is 2. The predicted molar refractivity (Wildman–Crippen MR) is 212 cm³/mol. The Morgan fingerprint density at radius 1 is 0.982 bits per heavy atom. The van der Waals surface area contributed by atoms with E-state index in [4.69, 9.17) is 23.8 Å². The lowest BCUT2D eigenvalue weighted by Crippen LogP contribution is -2.46. The molecule has 15 nitrogen and oxygen atoms in total. The zero-order valence-corrected chi connectivity index (χ0v) is 33.9. The van der Waals surface area contributed by atoms with Crippen molar-refractivity contribution in [3.05, 3.63) is 65.0 Å². The summed E-state index contributed by atoms with van der Waals surface area (Å²) in [5, 5.41) is 63.7. The molecule has 5 bridgehead atoms. The maximum absolute atomic E-state index is 14.3. The predicted octanol–water partition coefficient (Wildman–Crippen LogP) is 5.68. The summed E-state index contributed by atoms with van der Waals surface area (Å²) < 4.78 is 23.4. The average Bonchev–Trinajstić information content (AvgIpc) is 3.43. The number of benzene rings is 2. The van der Waals surface area contributed by atoms with E-state index >= 15 is 0 Å². The molecule has 9 unspecified atom stereocenters. The standard InChI is InChI=1S/C42H54N2O13/c1-11-12-17-55-43-19-27-32-37(50)30-29(36(27)49)31-39(25(7)35(30)48)57-42(9,40(31)51)54-18-16-28(53-10)22(4)38(56-26(8)45)24(6)34(47)23(5)33(46)20(2)14-13-15-21(3)41(52)44-32/h11-16,18-20,22-24,28,33-34,38,46-50H,17H2,1-10H3,(H,44,52)/b12-11+,14-13+,18-16+,21-15+,43-19-. The van der Waals surface area contributed by atoms with Crippen molar-refractivity contribution in [3.8, 4) is 23.0 Å². The maximum Gasteiger partial charge on any atom is 0.312 e. The van der Waals surface area contributed by atoms with Gasteiger partial charge in [-0.15, -0.1) is 0 Å². The first kappa shape index (κ1) is 44.3. The van der Waals surface area contributed by atoms with Crippen molar-refractivity contribution in [2.75, 3.05) is 19.0 Å². The Balaban J connectivity index is 1.97. The Morgan fingerprint density at radius 2 is 1.67 bits per heavy atom. The minimum atomic E-state index is -2.06. The highest BCUT2D eigenvalue weighted by Gasteiger charge is 2.50. The van der Waals surface area contributed by atoms with E-state index in [1.165, 1.54) is 53.2 Å². The molecule has 0 radical (unpaired) electrons. The number of hydrogen-bond acceptors (Lipinski definition) is 14. The molecule has 2 aromatic rings. The highest BCUT2D eigenvalue weighted by atomic mass is 16.7. The molecule has 0 spiro atoms. The summed E-state index contributed by atoms with van der Waals surface area (Å²) in [6, 6.07) is 0. The third-order valence-corrected chi connectivity index (χ3v) is 10.7. The first-order valence-electron chi connectivity index (χ1n) is 18.7. The number of aliphatic hydroxyl groups is 2. The van der Waals surface area contributed by atoms with E-state index in [1.54, 1.807) is 58.9 Å². The molecule has 0 fully saturated rings. The molecule has 1 amide bonds. The molecule has 0 aromatic heterocycles. The first-order valence-corrected chi connectivity index (χ1v) is 18.7. The number of rotatable bonds is 6. The topological polar surface area (TPSA) is 223 Å². The number of aromatic hydroxyl groups is 3. The van der Waals surface area contributed by atoms with Gasteiger partial charge >= 0.3 is 11.8 Å². The number of ketones is 1. The number of esters is 1. The number of phenols is 3. The summed E-state index contributed by atoms with van der Waals surface area (Å²) in [5.74, 6) is -8.67. The van der Waals surface area contributed by atoms with Crippen LogP contribution in [0.5, 0.6) is 23.0 Å². The molecule has 0 saturated carbocycles. The average molecular weight is 795 g/mol. The molecule has 9 atom stereocenters. The molecule has 2 aromatic carbocycles. The van der Waals surface area contributed by atoms with Crippen LogP contribution in [0.1, 0.15) is 76.9 Å². The number of allylic oxidation sites excluding steroid dienone is 3. The number of ether oxygens (including phenoxy) is 4. The van der Waals surface area contributed by atoms with Crippen LogP contribution in [0.15, 0.2) is 53.4 Å². The second-order valence-electron chi connectivity index (χ2n) is 14.7. The van der Waals surface area contributed by atoms with Crippen LogP contribution in [0.3, 0.4) is 0 Å². The number of amides is 1. The number of hydrogen-bond donors (Lipinski definition) is 6. The number of carbonyl (C=O) groups is 3. The number of fused-ring (bicyclic) bond motifs is 14. The van der Waals surface area contributed by atoms with Crippen LogP contribution in [-0.2, 0) is 28.6 Å². The van der Waals surface area contributed by atoms with Crippen LogP contribution in [0.4, 0.5) is 5.69 Å². The molecule has 3 heterocycles. The highest BCUT2D eigenvalue weighted by molar-refractivity contribution is 6.23. The van der Waals surface area contributed by atoms with Crippen molar-refractivity contribution < 1.29 is 63.7 Å². The minimum absolute atomic E-state index is 0.0302. The lowest BCUT2D eigenvalue weighted by atomic mass is 9.78. The van der Waals surface area contributed by atoms with Gasteiger partial charge in [-0.3, -0.25) is 14.4 Å². The van der Waals surface area contributed by atoms with Crippen molar-refractivity contribution in [1.29, 1.82) is 0 Å². The molecule has 0 aliphatic carbocycles. The second kappa shape index (κ2) is 18.3. The SMILES string of the molecule is C/C=C/CO/N=C\c1c2c(O)c3c(O)c(C)c4c(c3c1O)C(=O)C(C)(O/C=C/C(OC)C(C)C(OC(C)=O)C(C)C(O)C(C)C(O)C(C)/C=C/C=C(\C)C(=O)N2)O4. The van der Waals surface area contributed by atoms with E-state index in [2.05, 4.69) is 10.5 Å². The second-order valence-corrected chi connectivity index (χ2v) is 14.7. The molecule has 6 N–H and O–H groups in total.